The number of carboxylic acids is 1. The van der Waals surface area contributed by atoms with Crippen molar-refractivity contribution in [2.75, 3.05) is 6.54 Å². The van der Waals surface area contributed by atoms with Gasteiger partial charge < -0.3 is 32.2 Å². The van der Waals surface area contributed by atoms with Crippen LogP contribution in [0.2, 0.25) is 0 Å². The van der Waals surface area contributed by atoms with Crippen molar-refractivity contribution in [1.82, 2.24) is 0 Å². The van der Waals surface area contributed by atoms with Gasteiger partial charge in [-0.2, -0.15) is 0 Å². The second kappa shape index (κ2) is 10.3. The van der Waals surface area contributed by atoms with E-state index in [0.29, 0.717) is 0 Å². The second-order valence-corrected chi connectivity index (χ2v) is 4.60. The van der Waals surface area contributed by atoms with Crippen LogP contribution in [0.3, 0.4) is 0 Å². The molecular weight excluding hydrogens is 306 g/mol. The Morgan fingerprint density at radius 1 is 1.17 bits per heavy atom. The van der Waals surface area contributed by atoms with Crippen molar-refractivity contribution >= 4 is 17.9 Å². The average molecular weight is 327 g/mol. The molecular formula is C14H21N3O6. The first kappa shape index (κ1) is 20.5. The van der Waals surface area contributed by atoms with E-state index in [2.05, 4.69) is 4.74 Å². The largest absolute Gasteiger partial charge is 0.508 e. The fraction of sp³-hybridized carbons (Fsp3) is 0.357. The molecule has 0 spiro atoms. The maximum atomic E-state index is 10.5. The van der Waals surface area contributed by atoms with E-state index in [1.165, 1.54) is 19.1 Å². The third-order valence-electron chi connectivity index (χ3n) is 2.46. The fourth-order valence-corrected chi connectivity index (χ4v) is 1.22. The zero-order chi connectivity index (χ0) is 18.0. The molecule has 23 heavy (non-hydrogen) atoms. The number of hydrogen-bond acceptors (Lipinski definition) is 8. The zero-order valence-corrected chi connectivity index (χ0v) is 12.6. The van der Waals surface area contributed by atoms with Gasteiger partial charge in [0.1, 0.15) is 17.8 Å². The smallest absolute Gasteiger partial charge is 0.330 e. The van der Waals surface area contributed by atoms with Gasteiger partial charge in [0.05, 0.1) is 6.54 Å². The van der Waals surface area contributed by atoms with E-state index in [9.17, 15) is 14.4 Å². The number of nitrogens with two attached hydrogens (primary N) is 3. The number of ether oxygens (including phenoxy) is 1. The molecule has 2 atom stereocenters. The van der Waals surface area contributed by atoms with Crippen molar-refractivity contribution in [1.29, 1.82) is 0 Å². The number of hydrogen-bond donors (Lipinski definition) is 5. The predicted molar refractivity (Wildman–Crippen MR) is 81.2 cm³/mol. The number of carbonyl (C=O) groups is 3. The summed E-state index contributed by atoms with van der Waals surface area (Å²) in [5, 5.41) is 17.5. The van der Waals surface area contributed by atoms with Crippen LogP contribution in [-0.2, 0) is 25.5 Å². The predicted octanol–water partition coefficient (Wildman–Crippen LogP) is -1.29. The van der Waals surface area contributed by atoms with Crippen LogP contribution >= 0.6 is 0 Å². The van der Waals surface area contributed by atoms with Crippen LogP contribution in [0.15, 0.2) is 24.3 Å². The second-order valence-electron chi connectivity index (χ2n) is 4.60. The highest BCUT2D eigenvalue weighted by molar-refractivity contribution is 5.88. The molecule has 0 unspecified atom stereocenters. The minimum absolute atomic E-state index is 0.160. The SMILES string of the molecule is C[C@H](N)C(=O)OC(=O)CN.N[C@@H](Cc1ccc(O)cc1)C(=O)O. The Morgan fingerprint density at radius 2 is 1.70 bits per heavy atom. The van der Waals surface area contributed by atoms with Crippen LogP contribution in [-0.4, -0.2) is 46.7 Å². The lowest BCUT2D eigenvalue weighted by atomic mass is 10.1. The van der Waals surface area contributed by atoms with E-state index in [1.54, 1.807) is 12.1 Å². The molecule has 1 rings (SSSR count). The number of carbonyl (C=O) groups excluding carboxylic acids is 2. The third-order valence-corrected chi connectivity index (χ3v) is 2.46. The van der Waals surface area contributed by atoms with Crippen molar-refractivity contribution in [3.05, 3.63) is 29.8 Å². The van der Waals surface area contributed by atoms with Crippen LogP contribution in [0.4, 0.5) is 0 Å². The molecule has 0 aromatic heterocycles. The van der Waals surface area contributed by atoms with Gasteiger partial charge in [-0.05, 0) is 31.0 Å². The summed E-state index contributed by atoms with van der Waals surface area (Å²) < 4.78 is 4.13. The first-order valence-electron chi connectivity index (χ1n) is 6.63. The Labute approximate surface area is 133 Å². The molecule has 0 aliphatic heterocycles. The summed E-state index contributed by atoms with van der Waals surface area (Å²) in [6.07, 6.45) is 0.273. The van der Waals surface area contributed by atoms with Crippen molar-refractivity contribution in [2.24, 2.45) is 17.2 Å². The molecule has 8 N–H and O–H groups in total. The van der Waals surface area contributed by atoms with Gasteiger partial charge in [-0.25, -0.2) is 4.79 Å². The Bertz CT molecular complexity index is 530. The van der Waals surface area contributed by atoms with Crippen molar-refractivity contribution < 1.29 is 29.3 Å². The summed E-state index contributed by atoms with van der Waals surface area (Å²) in [4.78, 5) is 31.2. The maximum Gasteiger partial charge on any atom is 0.330 e. The summed E-state index contributed by atoms with van der Waals surface area (Å²) in [6.45, 7) is 1.12. The third kappa shape index (κ3) is 9.19. The topological polar surface area (TPSA) is 179 Å². The van der Waals surface area contributed by atoms with Crippen LogP contribution in [0.1, 0.15) is 12.5 Å². The molecule has 0 saturated carbocycles. The van der Waals surface area contributed by atoms with E-state index < -0.39 is 30.0 Å². The molecule has 0 aliphatic carbocycles. The number of rotatable bonds is 5. The van der Waals surface area contributed by atoms with E-state index >= 15 is 0 Å². The van der Waals surface area contributed by atoms with E-state index in [4.69, 9.17) is 27.4 Å². The minimum atomic E-state index is -1.02. The molecule has 9 heteroatoms. The zero-order valence-electron chi connectivity index (χ0n) is 12.6. The summed E-state index contributed by atoms with van der Waals surface area (Å²) >= 11 is 0. The van der Waals surface area contributed by atoms with Gasteiger partial charge in [0.15, 0.2) is 0 Å². The summed E-state index contributed by atoms with van der Waals surface area (Å²) in [6, 6.07) is 4.64. The maximum absolute atomic E-state index is 10.5. The molecule has 1 aromatic carbocycles. The van der Waals surface area contributed by atoms with Crippen LogP contribution in [0, 0.1) is 0 Å². The van der Waals surface area contributed by atoms with Crippen molar-refractivity contribution in [3.8, 4) is 5.75 Å². The Balaban J connectivity index is 0.000000438. The van der Waals surface area contributed by atoms with E-state index in [-0.39, 0.29) is 18.7 Å². The van der Waals surface area contributed by atoms with Gasteiger partial charge in [0.2, 0.25) is 0 Å². The Hall–Kier alpha value is -2.49. The van der Waals surface area contributed by atoms with Crippen LogP contribution < -0.4 is 17.2 Å². The molecule has 0 radical (unpaired) electrons. The molecule has 0 aliphatic rings. The summed E-state index contributed by atoms with van der Waals surface area (Å²) in [7, 11) is 0. The van der Waals surface area contributed by atoms with Crippen LogP contribution in [0.25, 0.3) is 0 Å². The molecule has 128 valence electrons. The summed E-state index contributed by atoms with van der Waals surface area (Å²) in [5.41, 5.74) is 16.0. The van der Waals surface area contributed by atoms with Crippen molar-refractivity contribution in [2.45, 2.75) is 25.4 Å². The van der Waals surface area contributed by atoms with E-state index in [0.717, 1.165) is 5.56 Å². The quantitative estimate of drug-likeness (QED) is 0.325. The molecule has 0 bridgehead atoms. The molecule has 1 aromatic rings. The van der Waals surface area contributed by atoms with Gasteiger partial charge in [0.25, 0.3) is 0 Å². The van der Waals surface area contributed by atoms with Gasteiger partial charge >= 0.3 is 17.9 Å². The van der Waals surface area contributed by atoms with Crippen molar-refractivity contribution in [3.63, 3.8) is 0 Å². The highest BCUT2D eigenvalue weighted by Gasteiger charge is 2.12. The van der Waals surface area contributed by atoms with Crippen LogP contribution in [0.5, 0.6) is 5.75 Å². The van der Waals surface area contributed by atoms with Gasteiger partial charge in [-0.15, -0.1) is 0 Å². The van der Waals surface area contributed by atoms with Gasteiger partial charge in [-0.3, -0.25) is 9.59 Å². The first-order valence-corrected chi connectivity index (χ1v) is 6.63. The minimum Gasteiger partial charge on any atom is -0.508 e. The lowest BCUT2D eigenvalue weighted by Gasteiger charge is -2.05. The fourth-order valence-electron chi connectivity index (χ4n) is 1.22. The number of phenolic OH excluding ortho intramolecular Hbond substituents is 1. The number of esters is 2. The lowest BCUT2D eigenvalue weighted by molar-refractivity contribution is -0.159. The molecule has 0 fully saturated rings. The molecule has 0 saturated heterocycles. The molecule has 0 amide bonds. The monoisotopic (exact) mass is 327 g/mol. The number of aliphatic carboxylic acids is 1. The molecule has 0 heterocycles. The highest BCUT2D eigenvalue weighted by Crippen LogP contribution is 2.10. The number of phenols is 1. The Morgan fingerprint density at radius 3 is 2.09 bits per heavy atom. The summed E-state index contributed by atoms with van der Waals surface area (Å²) in [5.74, 6) is -2.38. The van der Waals surface area contributed by atoms with Gasteiger partial charge in [0, 0.05) is 0 Å². The number of aromatic hydroxyl groups is 1. The number of carboxylic acid groups (broad SMARTS) is 1. The van der Waals surface area contributed by atoms with E-state index in [1.807, 2.05) is 0 Å². The van der Waals surface area contributed by atoms with Gasteiger partial charge in [-0.1, -0.05) is 12.1 Å². The number of benzene rings is 1. The highest BCUT2D eigenvalue weighted by atomic mass is 16.6. The molecule has 9 nitrogen and oxygen atoms in total. The first-order chi connectivity index (χ1) is 10.7. The standard InChI is InChI=1S/C9H11NO3.C5H10N2O3/c10-8(9(12)13)5-6-1-3-7(11)4-2-6;1-3(7)5(9)10-4(8)2-6/h1-4,8,11H,5,10H2,(H,12,13);3H,2,6-7H2,1H3/t8-;3-/m00/s1. The Kier molecular flexibility index (Phi) is 9.16. The normalized spacial score (nSPS) is 12.3. The average Bonchev–Trinajstić information content (AvgIpc) is 2.49. The lowest BCUT2D eigenvalue weighted by Crippen LogP contribution is -2.32.